The van der Waals surface area contributed by atoms with Crippen LogP contribution in [0.2, 0.25) is 19.6 Å². The molecule has 0 amide bonds. The Labute approximate surface area is 152 Å². The number of rotatable bonds is 10. The van der Waals surface area contributed by atoms with E-state index in [4.69, 9.17) is 0 Å². The maximum atomic E-state index is 3.57. The molecule has 1 aromatic carbocycles. The van der Waals surface area contributed by atoms with Gasteiger partial charge in [-0.05, 0) is 42.9 Å². The fourth-order valence-corrected chi connectivity index (χ4v) is 3.38. The highest BCUT2D eigenvalue weighted by Gasteiger charge is 2.09. The highest BCUT2D eigenvalue weighted by Crippen LogP contribution is 2.17. The lowest BCUT2D eigenvalue weighted by atomic mass is 9.97. The first-order chi connectivity index (χ1) is 11.5. The molecule has 24 heavy (non-hydrogen) atoms. The van der Waals surface area contributed by atoms with Gasteiger partial charge >= 0.3 is 0 Å². The largest absolute Gasteiger partial charge is 0.129 e. The van der Waals surface area contributed by atoms with Crippen molar-refractivity contribution < 1.29 is 0 Å². The third-order valence-electron chi connectivity index (χ3n) is 4.37. The van der Waals surface area contributed by atoms with Crippen LogP contribution >= 0.6 is 0 Å². The first-order valence-electron chi connectivity index (χ1n) is 10.1. The Morgan fingerprint density at radius 1 is 0.792 bits per heavy atom. The van der Waals surface area contributed by atoms with Gasteiger partial charge in [0.1, 0.15) is 8.07 Å². The van der Waals surface area contributed by atoms with Crippen molar-refractivity contribution >= 4 is 8.07 Å². The quantitative estimate of drug-likeness (QED) is 0.240. The zero-order chi connectivity index (χ0) is 17.8. The Morgan fingerprint density at radius 2 is 1.42 bits per heavy atom. The molecule has 1 rings (SSSR count). The molecule has 0 aliphatic rings. The van der Waals surface area contributed by atoms with Crippen LogP contribution in [0.15, 0.2) is 18.2 Å². The second kappa shape index (κ2) is 11.5. The van der Waals surface area contributed by atoms with Gasteiger partial charge in [-0.25, -0.2) is 0 Å². The van der Waals surface area contributed by atoms with Gasteiger partial charge in [-0.15, -0.1) is 5.54 Å². The van der Waals surface area contributed by atoms with Gasteiger partial charge < -0.3 is 0 Å². The van der Waals surface area contributed by atoms with Crippen molar-refractivity contribution in [2.75, 3.05) is 0 Å². The van der Waals surface area contributed by atoms with Crippen molar-refractivity contribution in [3.8, 4) is 11.5 Å². The highest BCUT2D eigenvalue weighted by atomic mass is 28.3. The smallest absolute Gasteiger partial charge is 0.127 e. The summed E-state index contributed by atoms with van der Waals surface area (Å²) in [6, 6.07) is 7.09. The lowest BCUT2D eigenvalue weighted by Crippen LogP contribution is -2.16. The van der Waals surface area contributed by atoms with Crippen molar-refractivity contribution in [3.05, 3.63) is 34.9 Å². The van der Waals surface area contributed by atoms with E-state index in [-0.39, 0.29) is 0 Å². The Bertz CT molecular complexity index is 525. The zero-order valence-electron chi connectivity index (χ0n) is 16.8. The minimum Gasteiger partial charge on any atom is -0.127 e. The van der Waals surface area contributed by atoms with Gasteiger partial charge in [-0.2, -0.15) is 0 Å². The number of unbranched alkanes of at least 4 members (excludes halogenated alkanes) is 6. The molecule has 0 N–H and O–H groups in total. The average molecular weight is 343 g/mol. The van der Waals surface area contributed by atoms with Crippen molar-refractivity contribution in [1.82, 2.24) is 0 Å². The summed E-state index contributed by atoms with van der Waals surface area (Å²) >= 11 is 0. The van der Waals surface area contributed by atoms with Gasteiger partial charge in [-0.1, -0.05) is 90.1 Å². The highest BCUT2D eigenvalue weighted by molar-refractivity contribution is 6.83. The molecule has 0 atom stereocenters. The second-order valence-electron chi connectivity index (χ2n) is 8.11. The maximum Gasteiger partial charge on any atom is 0.129 e. The molecular formula is C23H38Si. The molecule has 0 fully saturated rings. The molecule has 0 saturated heterocycles. The topological polar surface area (TPSA) is 0 Å². The van der Waals surface area contributed by atoms with Crippen LogP contribution in [0.4, 0.5) is 0 Å². The lowest BCUT2D eigenvalue weighted by Gasteiger charge is -2.10. The Hall–Kier alpha value is -1.00. The molecule has 0 radical (unpaired) electrons. The van der Waals surface area contributed by atoms with Crippen LogP contribution in [0.1, 0.15) is 81.9 Å². The van der Waals surface area contributed by atoms with E-state index in [2.05, 4.69) is 63.2 Å². The third kappa shape index (κ3) is 9.33. The number of hydrogen-bond donors (Lipinski definition) is 0. The molecule has 0 bridgehead atoms. The standard InChI is InChI=1S/C23H38Si/c1-6-8-10-12-14-21-16-17-22(15-13-11-9-7-2)23(20-21)18-19-24(3,4)5/h16-17,20H,6-15H2,1-5H3. The third-order valence-corrected chi connectivity index (χ3v) is 5.24. The van der Waals surface area contributed by atoms with Gasteiger partial charge in [0, 0.05) is 5.56 Å². The van der Waals surface area contributed by atoms with E-state index >= 15 is 0 Å². The predicted molar refractivity (Wildman–Crippen MR) is 112 cm³/mol. The van der Waals surface area contributed by atoms with Crippen LogP contribution in [0, 0.1) is 11.5 Å². The predicted octanol–water partition coefficient (Wildman–Crippen LogP) is 7.16. The van der Waals surface area contributed by atoms with E-state index in [1.807, 2.05) is 0 Å². The SMILES string of the molecule is CCCCCCc1ccc(CCCCCC)c(C#C[Si](C)(C)C)c1. The summed E-state index contributed by atoms with van der Waals surface area (Å²) in [5.74, 6) is 3.55. The molecule has 0 aliphatic carbocycles. The first kappa shape index (κ1) is 21.0. The van der Waals surface area contributed by atoms with E-state index in [1.54, 1.807) is 0 Å². The second-order valence-corrected chi connectivity index (χ2v) is 12.9. The normalized spacial score (nSPS) is 11.2. The van der Waals surface area contributed by atoms with Crippen LogP contribution in [0.3, 0.4) is 0 Å². The summed E-state index contributed by atoms with van der Waals surface area (Å²) in [5, 5.41) is 0. The number of aryl methyl sites for hydroxylation is 2. The van der Waals surface area contributed by atoms with Crippen molar-refractivity contribution in [3.63, 3.8) is 0 Å². The summed E-state index contributed by atoms with van der Waals surface area (Å²) in [7, 11) is -1.32. The molecule has 0 saturated carbocycles. The van der Waals surface area contributed by atoms with E-state index in [0.29, 0.717) is 0 Å². The van der Waals surface area contributed by atoms with Crippen LogP contribution in [0.25, 0.3) is 0 Å². The van der Waals surface area contributed by atoms with Crippen molar-refractivity contribution in [2.24, 2.45) is 0 Å². The Balaban J connectivity index is 2.82. The van der Waals surface area contributed by atoms with E-state index in [9.17, 15) is 0 Å². The molecular weight excluding hydrogens is 304 g/mol. The van der Waals surface area contributed by atoms with Crippen molar-refractivity contribution in [2.45, 2.75) is 97.7 Å². The van der Waals surface area contributed by atoms with Gasteiger partial charge in [-0.3, -0.25) is 0 Å². The fourth-order valence-electron chi connectivity index (χ4n) is 2.87. The number of benzene rings is 1. The first-order valence-corrected chi connectivity index (χ1v) is 13.6. The van der Waals surface area contributed by atoms with Crippen molar-refractivity contribution in [1.29, 1.82) is 0 Å². The molecule has 0 aromatic heterocycles. The van der Waals surface area contributed by atoms with E-state index in [0.717, 1.165) is 0 Å². The average Bonchev–Trinajstić information content (AvgIpc) is 2.54. The molecule has 0 unspecified atom stereocenters. The molecule has 0 heterocycles. The van der Waals surface area contributed by atoms with Gasteiger partial charge in [0.05, 0.1) is 0 Å². The molecule has 0 spiro atoms. The van der Waals surface area contributed by atoms with Crippen LogP contribution in [-0.4, -0.2) is 8.07 Å². The molecule has 1 aromatic rings. The Kier molecular flexibility index (Phi) is 10.1. The molecule has 1 heteroatoms. The zero-order valence-corrected chi connectivity index (χ0v) is 17.8. The van der Waals surface area contributed by atoms with Crippen LogP contribution in [-0.2, 0) is 12.8 Å². The lowest BCUT2D eigenvalue weighted by molar-refractivity contribution is 0.663. The summed E-state index contributed by atoms with van der Waals surface area (Å²) < 4.78 is 0. The summed E-state index contributed by atoms with van der Waals surface area (Å²) in [6.07, 6.45) is 13.0. The molecule has 134 valence electrons. The molecule has 0 aliphatic heterocycles. The Morgan fingerprint density at radius 3 is 2.00 bits per heavy atom. The van der Waals surface area contributed by atoms with Crippen LogP contribution < -0.4 is 0 Å². The fraction of sp³-hybridized carbons (Fsp3) is 0.652. The van der Waals surface area contributed by atoms with E-state index in [1.165, 1.54) is 80.9 Å². The van der Waals surface area contributed by atoms with E-state index < -0.39 is 8.07 Å². The summed E-state index contributed by atoms with van der Waals surface area (Å²) in [6.45, 7) is 11.5. The van der Waals surface area contributed by atoms with Gasteiger partial charge in [0.25, 0.3) is 0 Å². The monoisotopic (exact) mass is 342 g/mol. The maximum absolute atomic E-state index is 3.57. The summed E-state index contributed by atoms with van der Waals surface area (Å²) in [5.41, 5.74) is 7.82. The molecule has 0 nitrogen and oxygen atoms in total. The van der Waals surface area contributed by atoms with Gasteiger partial charge in [0.2, 0.25) is 0 Å². The van der Waals surface area contributed by atoms with Gasteiger partial charge in [0.15, 0.2) is 0 Å². The minimum absolute atomic E-state index is 1.19. The van der Waals surface area contributed by atoms with Crippen LogP contribution in [0.5, 0.6) is 0 Å². The minimum atomic E-state index is -1.32. The summed E-state index contributed by atoms with van der Waals surface area (Å²) in [4.78, 5) is 0. The number of hydrogen-bond acceptors (Lipinski definition) is 0.